The van der Waals surface area contributed by atoms with Crippen molar-refractivity contribution in [3.63, 3.8) is 0 Å². The number of morpholine rings is 1. The Morgan fingerprint density at radius 2 is 1.85 bits per heavy atom. The fraction of sp³-hybridized carbons (Fsp3) is 0.400. The molecule has 1 saturated heterocycles. The number of benzene rings is 1. The Hall–Kier alpha value is -2.15. The molecule has 1 fully saturated rings. The average molecular weight is 391 g/mol. The number of amides is 1. The Morgan fingerprint density at radius 3 is 2.52 bits per heavy atom. The summed E-state index contributed by atoms with van der Waals surface area (Å²) in [6.07, 6.45) is 1.95. The molecule has 0 bridgehead atoms. The summed E-state index contributed by atoms with van der Waals surface area (Å²) < 4.78 is 10.9. The maximum Gasteiger partial charge on any atom is 0.220 e. The number of carbonyl (C=O) groups is 2. The van der Waals surface area contributed by atoms with Crippen molar-refractivity contribution >= 4 is 23.3 Å². The first-order valence-corrected chi connectivity index (χ1v) is 9.42. The summed E-state index contributed by atoms with van der Waals surface area (Å²) in [6, 6.07) is 10.4. The molecule has 3 rings (SSSR count). The van der Waals surface area contributed by atoms with Gasteiger partial charge in [0.25, 0.3) is 0 Å². The predicted molar refractivity (Wildman–Crippen MR) is 102 cm³/mol. The van der Waals surface area contributed by atoms with Crippen molar-refractivity contribution in [1.29, 1.82) is 0 Å². The highest BCUT2D eigenvalue weighted by molar-refractivity contribution is 6.30. The number of furan rings is 1. The van der Waals surface area contributed by atoms with E-state index in [1.165, 1.54) is 0 Å². The minimum Gasteiger partial charge on any atom is -0.468 e. The highest BCUT2D eigenvalue weighted by Gasteiger charge is 2.25. The molecule has 2 heterocycles. The zero-order chi connectivity index (χ0) is 19.1. The highest BCUT2D eigenvalue weighted by atomic mass is 35.5. The maximum atomic E-state index is 12.2. The lowest BCUT2D eigenvalue weighted by Gasteiger charge is -2.33. The van der Waals surface area contributed by atoms with E-state index < -0.39 is 0 Å². The van der Waals surface area contributed by atoms with Gasteiger partial charge in [0.2, 0.25) is 5.91 Å². The molecule has 6 nitrogen and oxygen atoms in total. The molecule has 1 aliphatic heterocycles. The molecule has 1 aromatic heterocycles. The van der Waals surface area contributed by atoms with Crippen molar-refractivity contribution in [2.45, 2.75) is 18.9 Å². The van der Waals surface area contributed by atoms with Crippen molar-refractivity contribution in [2.24, 2.45) is 0 Å². The van der Waals surface area contributed by atoms with Crippen molar-refractivity contribution in [3.8, 4) is 0 Å². The van der Waals surface area contributed by atoms with E-state index in [9.17, 15) is 9.59 Å². The number of carbonyl (C=O) groups excluding carboxylic acids is 2. The molecule has 27 heavy (non-hydrogen) atoms. The summed E-state index contributed by atoms with van der Waals surface area (Å²) in [5.41, 5.74) is 0.564. The molecular weight excluding hydrogens is 368 g/mol. The van der Waals surface area contributed by atoms with Crippen LogP contribution in [-0.2, 0) is 9.53 Å². The molecule has 2 aromatic rings. The number of nitrogens with zero attached hydrogens (tertiary/aromatic N) is 1. The smallest absolute Gasteiger partial charge is 0.220 e. The van der Waals surface area contributed by atoms with Crippen LogP contribution in [-0.4, -0.2) is 49.4 Å². The second-order valence-corrected chi connectivity index (χ2v) is 6.85. The summed E-state index contributed by atoms with van der Waals surface area (Å²) in [4.78, 5) is 26.6. The Labute approximate surface area is 163 Å². The number of hydrogen-bond donors (Lipinski definition) is 1. The van der Waals surface area contributed by atoms with Crippen molar-refractivity contribution < 1.29 is 18.7 Å². The van der Waals surface area contributed by atoms with E-state index >= 15 is 0 Å². The number of halogens is 1. The van der Waals surface area contributed by atoms with Crippen LogP contribution < -0.4 is 5.32 Å². The van der Waals surface area contributed by atoms with Crippen LogP contribution in [0.15, 0.2) is 47.1 Å². The van der Waals surface area contributed by atoms with Gasteiger partial charge >= 0.3 is 0 Å². The molecule has 144 valence electrons. The number of rotatable bonds is 8. The van der Waals surface area contributed by atoms with Gasteiger partial charge < -0.3 is 14.5 Å². The van der Waals surface area contributed by atoms with E-state index in [0.717, 1.165) is 18.8 Å². The number of Topliss-reactive ketones (excluding diaryl/α,β-unsaturated/α-hetero) is 1. The number of ether oxygens (including phenoxy) is 1. The molecule has 0 radical (unpaired) electrons. The minimum atomic E-state index is -0.151. The van der Waals surface area contributed by atoms with Gasteiger partial charge in [-0.15, -0.1) is 0 Å². The molecule has 0 saturated carbocycles. The Morgan fingerprint density at radius 1 is 1.11 bits per heavy atom. The van der Waals surface area contributed by atoms with Crippen LogP contribution in [0.2, 0.25) is 5.02 Å². The van der Waals surface area contributed by atoms with E-state index in [-0.39, 0.29) is 30.6 Å². The van der Waals surface area contributed by atoms with Gasteiger partial charge in [-0.1, -0.05) is 11.6 Å². The number of ketones is 1. The Kier molecular flexibility index (Phi) is 7.04. The van der Waals surface area contributed by atoms with Crippen molar-refractivity contribution in [3.05, 3.63) is 59.0 Å². The van der Waals surface area contributed by atoms with Crippen LogP contribution in [0.25, 0.3) is 0 Å². The normalized spacial score (nSPS) is 16.0. The highest BCUT2D eigenvalue weighted by Crippen LogP contribution is 2.21. The third-order valence-corrected chi connectivity index (χ3v) is 4.85. The average Bonchev–Trinajstić information content (AvgIpc) is 3.22. The van der Waals surface area contributed by atoms with Gasteiger partial charge in [0, 0.05) is 43.1 Å². The lowest BCUT2D eigenvalue weighted by atomic mass is 10.1. The van der Waals surface area contributed by atoms with Crippen LogP contribution >= 0.6 is 11.6 Å². The van der Waals surface area contributed by atoms with Crippen molar-refractivity contribution in [2.75, 3.05) is 32.8 Å². The first kappa shape index (κ1) is 19.6. The monoisotopic (exact) mass is 390 g/mol. The molecule has 1 N–H and O–H groups in total. The molecule has 1 amide bonds. The third-order valence-electron chi connectivity index (χ3n) is 4.60. The summed E-state index contributed by atoms with van der Waals surface area (Å²) in [6.45, 7) is 3.34. The molecule has 7 heteroatoms. The van der Waals surface area contributed by atoms with Gasteiger partial charge in [-0.05, 0) is 36.4 Å². The number of nitrogens with one attached hydrogen (secondary N) is 1. The predicted octanol–water partition coefficient (Wildman–Crippen LogP) is 3.09. The second-order valence-electron chi connectivity index (χ2n) is 6.41. The van der Waals surface area contributed by atoms with Gasteiger partial charge in [0.1, 0.15) is 5.76 Å². The van der Waals surface area contributed by atoms with Gasteiger partial charge in [0.05, 0.1) is 25.5 Å². The first-order valence-electron chi connectivity index (χ1n) is 9.04. The van der Waals surface area contributed by atoms with E-state index in [2.05, 4.69) is 10.2 Å². The Balaban J connectivity index is 1.50. The fourth-order valence-electron chi connectivity index (χ4n) is 3.09. The second kappa shape index (κ2) is 9.69. The van der Waals surface area contributed by atoms with Gasteiger partial charge in [-0.3, -0.25) is 14.5 Å². The van der Waals surface area contributed by atoms with Crippen LogP contribution in [0.4, 0.5) is 0 Å². The van der Waals surface area contributed by atoms with Crippen LogP contribution in [0.3, 0.4) is 0 Å². The van der Waals surface area contributed by atoms with Gasteiger partial charge in [-0.2, -0.15) is 0 Å². The summed E-state index contributed by atoms with van der Waals surface area (Å²) in [5, 5.41) is 3.51. The number of hydrogen-bond acceptors (Lipinski definition) is 5. The van der Waals surface area contributed by atoms with Gasteiger partial charge in [0.15, 0.2) is 5.78 Å². The van der Waals surface area contributed by atoms with Gasteiger partial charge in [-0.25, -0.2) is 0 Å². The molecule has 0 aliphatic carbocycles. The minimum absolute atomic E-state index is 0.0418. The summed E-state index contributed by atoms with van der Waals surface area (Å²) in [7, 11) is 0. The molecule has 1 unspecified atom stereocenters. The summed E-state index contributed by atoms with van der Waals surface area (Å²) >= 11 is 5.83. The SMILES string of the molecule is O=C(CCC(=O)c1ccc(Cl)cc1)NCC(c1ccco1)N1CCOCC1. The van der Waals surface area contributed by atoms with Crippen LogP contribution in [0, 0.1) is 0 Å². The lowest BCUT2D eigenvalue weighted by Crippen LogP contribution is -2.43. The zero-order valence-electron chi connectivity index (χ0n) is 15.0. The largest absolute Gasteiger partial charge is 0.468 e. The van der Waals surface area contributed by atoms with Crippen LogP contribution in [0.1, 0.15) is 35.0 Å². The Bertz CT molecular complexity index is 740. The fourth-order valence-corrected chi connectivity index (χ4v) is 3.21. The maximum absolute atomic E-state index is 12.2. The quantitative estimate of drug-likeness (QED) is 0.701. The van der Waals surface area contributed by atoms with E-state index in [0.29, 0.717) is 30.3 Å². The first-order chi connectivity index (χ1) is 13.1. The molecule has 1 aliphatic rings. The topological polar surface area (TPSA) is 71.8 Å². The van der Waals surface area contributed by atoms with E-state index in [1.807, 2.05) is 12.1 Å². The zero-order valence-corrected chi connectivity index (χ0v) is 15.8. The van der Waals surface area contributed by atoms with Crippen molar-refractivity contribution in [1.82, 2.24) is 10.2 Å². The van der Waals surface area contributed by atoms with E-state index in [4.69, 9.17) is 20.8 Å². The van der Waals surface area contributed by atoms with E-state index in [1.54, 1.807) is 30.5 Å². The molecular formula is C20H23ClN2O4. The standard InChI is InChI=1S/C20H23ClN2O4/c21-16-5-3-15(4-6-16)18(24)7-8-20(25)22-14-17(19-2-1-11-27-19)23-9-12-26-13-10-23/h1-6,11,17H,7-10,12-14H2,(H,22,25). The summed E-state index contributed by atoms with van der Waals surface area (Å²) in [5.74, 6) is 0.592. The van der Waals surface area contributed by atoms with Crippen LogP contribution in [0.5, 0.6) is 0 Å². The molecule has 1 aromatic carbocycles. The molecule has 0 spiro atoms. The third kappa shape index (κ3) is 5.66. The lowest BCUT2D eigenvalue weighted by molar-refractivity contribution is -0.121. The molecule has 1 atom stereocenters.